The van der Waals surface area contributed by atoms with Gasteiger partial charge in [-0.3, -0.25) is 9.59 Å². The Kier molecular flexibility index (Phi) is 7.07. The molecule has 0 unspecified atom stereocenters. The fourth-order valence-corrected chi connectivity index (χ4v) is 4.43. The molecule has 0 bridgehead atoms. The van der Waals surface area contributed by atoms with Crippen LogP contribution < -0.4 is 15.4 Å². The smallest absolute Gasteiger partial charge is 0.267 e. The van der Waals surface area contributed by atoms with Gasteiger partial charge in [0.1, 0.15) is 10.6 Å². The molecule has 0 aliphatic heterocycles. The van der Waals surface area contributed by atoms with Crippen LogP contribution >= 0.6 is 11.3 Å². The zero-order chi connectivity index (χ0) is 22.5. The van der Waals surface area contributed by atoms with Crippen molar-refractivity contribution in [2.45, 2.75) is 40.5 Å². The van der Waals surface area contributed by atoms with Crippen LogP contribution in [0.4, 0.5) is 10.8 Å². The number of aryl methyl sites for hydroxylation is 5. The second-order valence-corrected chi connectivity index (χ2v) is 8.52. The average Bonchev–Trinajstić information content (AvgIpc) is 3.09. The Morgan fingerprint density at radius 2 is 1.71 bits per heavy atom. The Morgan fingerprint density at radius 3 is 2.39 bits per heavy atom. The summed E-state index contributed by atoms with van der Waals surface area (Å²) in [6, 6.07) is 11.7. The summed E-state index contributed by atoms with van der Waals surface area (Å²) in [7, 11) is 1.61. The number of hydrogen-bond acceptors (Lipinski definition) is 5. The van der Waals surface area contributed by atoms with Gasteiger partial charge in [-0.05, 0) is 56.9 Å². The number of methoxy groups -OCH3 is 1. The number of carbonyl (C=O) groups excluding carboxylic acids is 2. The molecule has 2 aromatic carbocycles. The molecule has 7 heteroatoms. The number of carbonyl (C=O) groups is 2. The topological polar surface area (TPSA) is 80.3 Å². The van der Waals surface area contributed by atoms with Crippen molar-refractivity contribution in [2.75, 3.05) is 17.7 Å². The molecule has 31 heavy (non-hydrogen) atoms. The van der Waals surface area contributed by atoms with E-state index in [-0.39, 0.29) is 11.8 Å². The normalized spacial score (nSPS) is 10.6. The summed E-state index contributed by atoms with van der Waals surface area (Å²) in [6.07, 6.45) is 0.849. The summed E-state index contributed by atoms with van der Waals surface area (Å²) in [5.74, 6) is 0.387. The maximum Gasteiger partial charge on any atom is 0.267 e. The lowest BCUT2D eigenvalue weighted by Gasteiger charge is -2.12. The molecule has 1 heterocycles. The van der Waals surface area contributed by atoms with E-state index in [1.165, 1.54) is 11.3 Å². The molecule has 0 saturated carbocycles. The van der Waals surface area contributed by atoms with Gasteiger partial charge in [0, 0.05) is 12.1 Å². The predicted octanol–water partition coefficient (Wildman–Crippen LogP) is 5.21. The first-order valence-corrected chi connectivity index (χ1v) is 10.9. The van der Waals surface area contributed by atoms with Crippen molar-refractivity contribution in [1.82, 2.24) is 4.98 Å². The maximum atomic E-state index is 12.8. The van der Waals surface area contributed by atoms with Crippen molar-refractivity contribution in [3.05, 3.63) is 69.2 Å². The summed E-state index contributed by atoms with van der Waals surface area (Å²) in [5, 5.41) is 6.22. The lowest BCUT2D eigenvalue weighted by atomic mass is 10.1. The number of aromatic nitrogens is 1. The molecular weight excluding hydrogens is 410 g/mol. The lowest BCUT2D eigenvalue weighted by Crippen LogP contribution is -2.13. The van der Waals surface area contributed by atoms with Crippen LogP contribution in [0.15, 0.2) is 36.4 Å². The van der Waals surface area contributed by atoms with Crippen LogP contribution in [0.3, 0.4) is 0 Å². The second-order valence-electron chi connectivity index (χ2n) is 7.52. The Balaban J connectivity index is 1.65. The van der Waals surface area contributed by atoms with Crippen LogP contribution in [0.5, 0.6) is 5.75 Å². The van der Waals surface area contributed by atoms with E-state index in [1.807, 2.05) is 57.2 Å². The number of thiazole rings is 1. The molecule has 0 saturated heterocycles. The van der Waals surface area contributed by atoms with Crippen molar-refractivity contribution < 1.29 is 14.3 Å². The van der Waals surface area contributed by atoms with E-state index in [1.54, 1.807) is 14.0 Å². The number of benzene rings is 2. The largest absolute Gasteiger partial charge is 0.496 e. The highest BCUT2D eigenvalue weighted by Crippen LogP contribution is 2.27. The molecule has 1 aromatic heterocycles. The van der Waals surface area contributed by atoms with E-state index >= 15 is 0 Å². The van der Waals surface area contributed by atoms with Crippen molar-refractivity contribution in [3.63, 3.8) is 0 Å². The van der Waals surface area contributed by atoms with Gasteiger partial charge in [-0.2, -0.15) is 0 Å². The Labute approximate surface area is 186 Å². The third-order valence-electron chi connectivity index (χ3n) is 4.98. The summed E-state index contributed by atoms with van der Waals surface area (Å²) in [4.78, 5) is 30.1. The molecule has 0 spiro atoms. The molecule has 6 nitrogen and oxygen atoms in total. The minimum atomic E-state index is -0.223. The number of hydrogen-bond donors (Lipinski definition) is 2. The van der Waals surface area contributed by atoms with E-state index < -0.39 is 0 Å². The van der Waals surface area contributed by atoms with Crippen LogP contribution in [-0.4, -0.2) is 23.9 Å². The minimum Gasteiger partial charge on any atom is -0.496 e. The molecule has 3 rings (SSSR count). The number of amides is 2. The van der Waals surface area contributed by atoms with Gasteiger partial charge >= 0.3 is 0 Å². The number of para-hydroxylation sites is 1. The molecule has 0 atom stereocenters. The van der Waals surface area contributed by atoms with E-state index in [0.717, 1.165) is 33.7 Å². The first-order chi connectivity index (χ1) is 14.8. The standard InChI is InChI=1S/C24H27N3O3S/c1-14-12-15(2)21(16(3)13-14)27-23(29)22-17(4)25-24(31-22)26-20(28)11-10-18-8-6-7-9-19(18)30-5/h6-9,12-13H,10-11H2,1-5H3,(H,27,29)(H,25,26,28). The van der Waals surface area contributed by atoms with Gasteiger partial charge in [-0.15, -0.1) is 0 Å². The van der Waals surface area contributed by atoms with E-state index in [9.17, 15) is 9.59 Å². The molecule has 0 aliphatic carbocycles. The minimum absolute atomic E-state index is 0.156. The lowest BCUT2D eigenvalue weighted by molar-refractivity contribution is -0.116. The summed E-state index contributed by atoms with van der Waals surface area (Å²) < 4.78 is 5.33. The summed E-state index contributed by atoms with van der Waals surface area (Å²) in [6.45, 7) is 7.75. The fraction of sp³-hybridized carbons (Fsp3) is 0.292. The van der Waals surface area contributed by atoms with E-state index in [4.69, 9.17) is 4.74 Å². The SMILES string of the molecule is COc1ccccc1CCC(=O)Nc1nc(C)c(C(=O)Nc2c(C)cc(C)cc2C)s1. The van der Waals surface area contributed by atoms with Crippen molar-refractivity contribution >= 4 is 34.0 Å². The number of rotatable bonds is 7. The predicted molar refractivity (Wildman–Crippen MR) is 125 cm³/mol. The highest BCUT2D eigenvalue weighted by atomic mass is 32.1. The number of ether oxygens (including phenoxy) is 1. The van der Waals surface area contributed by atoms with Crippen molar-refractivity contribution in [3.8, 4) is 5.75 Å². The molecule has 3 aromatic rings. The van der Waals surface area contributed by atoms with Gasteiger partial charge in [-0.1, -0.05) is 47.2 Å². The highest BCUT2D eigenvalue weighted by Gasteiger charge is 2.18. The molecule has 162 valence electrons. The zero-order valence-corrected chi connectivity index (χ0v) is 19.3. The van der Waals surface area contributed by atoms with Crippen LogP contribution in [0.1, 0.15) is 44.0 Å². The second kappa shape index (κ2) is 9.75. The zero-order valence-electron chi connectivity index (χ0n) is 18.5. The molecule has 2 N–H and O–H groups in total. The van der Waals surface area contributed by atoms with Gasteiger partial charge in [0.25, 0.3) is 5.91 Å². The third-order valence-corrected chi connectivity index (χ3v) is 6.05. The van der Waals surface area contributed by atoms with Crippen molar-refractivity contribution in [2.24, 2.45) is 0 Å². The first-order valence-electron chi connectivity index (χ1n) is 10.1. The van der Waals surface area contributed by atoms with E-state index in [2.05, 4.69) is 15.6 Å². The molecule has 2 amide bonds. The van der Waals surface area contributed by atoms with E-state index in [0.29, 0.717) is 28.5 Å². The van der Waals surface area contributed by atoms with Gasteiger partial charge < -0.3 is 15.4 Å². The van der Waals surface area contributed by atoms with Gasteiger partial charge in [0.05, 0.1) is 12.8 Å². The molecular formula is C24H27N3O3S. The van der Waals surface area contributed by atoms with Crippen LogP contribution in [0.2, 0.25) is 0 Å². The molecule has 0 fully saturated rings. The van der Waals surface area contributed by atoms with Crippen LogP contribution in [0, 0.1) is 27.7 Å². The van der Waals surface area contributed by atoms with Gasteiger partial charge in [0.2, 0.25) is 5.91 Å². The highest BCUT2D eigenvalue weighted by molar-refractivity contribution is 7.17. The average molecular weight is 438 g/mol. The first kappa shape index (κ1) is 22.5. The van der Waals surface area contributed by atoms with Gasteiger partial charge in [0.15, 0.2) is 5.13 Å². The van der Waals surface area contributed by atoms with Crippen LogP contribution in [-0.2, 0) is 11.2 Å². The third kappa shape index (κ3) is 5.49. The molecule has 0 radical (unpaired) electrons. The van der Waals surface area contributed by atoms with Crippen LogP contribution in [0.25, 0.3) is 0 Å². The number of nitrogens with zero attached hydrogens (tertiary/aromatic N) is 1. The molecule has 0 aliphatic rings. The summed E-state index contributed by atoms with van der Waals surface area (Å²) >= 11 is 1.18. The fourth-order valence-electron chi connectivity index (χ4n) is 3.55. The Hall–Kier alpha value is -3.19. The quantitative estimate of drug-likeness (QED) is 0.532. The van der Waals surface area contributed by atoms with Gasteiger partial charge in [-0.25, -0.2) is 4.98 Å². The number of anilines is 2. The summed E-state index contributed by atoms with van der Waals surface area (Å²) in [5.41, 5.74) is 5.55. The Bertz CT molecular complexity index is 1100. The monoisotopic (exact) mass is 437 g/mol. The Morgan fingerprint density at radius 1 is 1.03 bits per heavy atom. The maximum absolute atomic E-state index is 12.8. The number of nitrogens with one attached hydrogen (secondary N) is 2. The van der Waals surface area contributed by atoms with Crippen molar-refractivity contribution in [1.29, 1.82) is 0 Å².